The molecule has 0 aromatic heterocycles. The van der Waals surface area contributed by atoms with Crippen molar-refractivity contribution in [1.82, 2.24) is 0 Å². The third-order valence-electron chi connectivity index (χ3n) is 3.56. The molecular weight excluding hydrogens is 346 g/mol. The van der Waals surface area contributed by atoms with Gasteiger partial charge in [0.05, 0.1) is 33.8 Å². The summed E-state index contributed by atoms with van der Waals surface area (Å²) in [5.74, 6) is -1.60. The van der Waals surface area contributed by atoms with Gasteiger partial charge < -0.3 is 10.1 Å². The fourth-order valence-corrected chi connectivity index (χ4v) is 2.23. The van der Waals surface area contributed by atoms with Crippen molar-refractivity contribution in [2.45, 2.75) is 6.92 Å². The smallest absolute Gasteiger partial charge is 0.338 e. The molecule has 0 unspecified atom stereocenters. The minimum Gasteiger partial charge on any atom is -0.465 e. The quantitative estimate of drug-likeness (QED) is 0.491. The molecule has 2 aromatic carbocycles. The van der Waals surface area contributed by atoms with Crippen LogP contribution in [0.2, 0.25) is 0 Å². The van der Waals surface area contributed by atoms with Gasteiger partial charge in [-0.05, 0) is 19.1 Å². The zero-order chi connectivity index (χ0) is 19.4. The van der Waals surface area contributed by atoms with Crippen LogP contribution in [0, 0.1) is 27.2 Å². The van der Waals surface area contributed by atoms with Crippen LogP contribution in [0.5, 0.6) is 0 Å². The molecule has 0 aliphatic heterocycles. The molecule has 1 N–H and O–H groups in total. The largest absolute Gasteiger partial charge is 0.465 e. The molecule has 134 valence electrons. The molecule has 0 heterocycles. The van der Waals surface area contributed by atoms with E-state index in [2.05, 4.69) is 10.1 Å². The Balaban J connectivity index is 2.43. The van der Waals surface area contributed by atoms with Crippen molar-refractivity contribution in [3.63, 3.8) is 0 Å². The molecule has 0 saturated heterocycles. The fourth-order valence-electron chi connectivity index (χ4n) is 2.23. The number of carbonyl (C=O) groups excluding carboxylic acids is 2. The number of benzene rings is 2. The lowest BCUT2D eigenvalue weighted by atomic mass is 10.1. The number of ether oxygens (including phenoxy) is 1. The van der Waals surface area contributed by atoms with Crippen molar-refractivity contribution < 1.29 is 24.2 Å². The molecule has 0 atom stereocenters. The minimum absolute atomic E-state index is 0.162. The van der Waals surface area contributed by atoms with Gasteiger partial charge in [0.2, 0.25) is 0 Å². The maximum absolute atomic E-state index is 12.4. The number of nitrogens with one attached hydrogen (secondary N) is 1. The lowest BCUT2D eigenvalue weighted by molar-refractivity contribution is -0.385. The Hall–Kier alpha value is -3.82. The zero-order valence-corrected chi connectivity index (χ0v) is 13.7. The molecule has 1 amide bonds. The van der Waals surface area contributed by atoms with Crippen molar-refractivity contribution in [3.05, 3.63) is 73.3 Å². The average molecular weight is 359 g/mol. The van der Waals surface area contributed by atoms with Gasteiger partial charge >= 0.3 is 5.97 Å². The molecule has 0 spiro atoms. The number of hydrogen-bond acceptors (Lipinski definition) is 7. The molecule has 0 bridgehead atoms. The van der Waals surface area contributed by atoms with E-state index in [1.165, 1.54) is 25.1 Å². The summed E-state index contributed by atoms with van der Waals surface area (Å²) in [6, 6.07) is 7.26. The SMILES string of the molecule is COC(=O)c1cc(C(=O)Nc2cccc([N+](=O)[O-])c2C)cc([N+](=O)[O-])c1. The molecule has 0 saturated carbocycles. The highest BCUT2D eigenvalue weighted by atomic mass is 16.6. The summed E-state index contributed by atoms with van der Waals surface area (Å²) in [6.45, 7) is 1.46. The van der Waals surface area contributed by atoms with E-state index in [0.717, 1.165) is 25.3 Å². The third kappa shape index (κ3) is 3.80. The van der Waals surface area contributed by atoms with E-state index in [1.807, 2.05) is 0 Å². The lowest BCUT2D eigenvalue weighted by Gasteiger charge is -2.09. The van der Waals surface area contributed by atoms with Gasteiger partial charge in [0, 0.05) is 23.8 Å². The predicted molar refractivity (Wildman–Crippen MR) is 90.2 cm³/mol. The number of anilines is 1. The molecule has 10 nitrogen and oxygen atoms in total. The highest BCUT2D eigenvalue weighted by Crippen LogP contribution is 2.26. The third-order valence-corrected chi connectivity index (χ3v) is 3.56. The van der Waals surface area contributed by atoms with Gasteiger partial charge in [0.25, 0.3) is 17.3 Å². The molecular formula is C16H13N3O7. The number of esters is 1. The Morgan fingerprint density at radius 3 is 2.27 bits per heavy atom. The van der Waals surface area contributed by atoms with Crippen molar-refractivity contribution in [2.24, 2.45) is 0 Å². The first-order valence-electron chi connectivity index (χ1n) is 7.17. The van der Waals surface area contributed by atoms with Gasteiger partial charge in [-0.2, -0.15) is 0 Å². The van der Waals surface area contributed by atoms with Gasteiger partial charge in [-0.3, -0.25) is 25.0 Å². The summed E-state index contributed by atoms with van der Waals surface area (Å²) in [7, 11) is 1.10. The van der Waals surface area contributed by atoms with Crippen LogP contribution in [0.4, 0.5) is 17.1 Å². The number of hydrogen-bond donors (Lipinski definition) is 1. The summed E-state index contributed by atoms with van der Waals surface area (Å²) >= 11 is 0. The second kappa shape index (κ2) is 7.38. The number of non-ortho nitro benzene ring substituents is 1. The van der Waals surface area contributed by atoms with Crippen molar-refractivity contribution in [2.75, 3.05) is 12.4 Å². The van der Waals surface area contributed by atoms with Crippen LogP contribution >= 0.6 is 0 Å². The van der Waals surface area contributed by atoms with Gasteiger partial charge in [-0.25, -0.2) is 4.79 Å². The maximum Gasteiger partial charge on any atom is 0.338 e. The molecule has 2 rings (SSSR count). The lowest BCUT2D eigenvalue weighted by Crippen LogP contribution is -2.15. The number of nitrogens with zero attached hydrogens (tertiary/aromatic N) is 2. The number of rotatable bonds is 5. The van der Waals surface area contributed by atoms with Gasteiger partial charge in [0.15, 0.2) is 0 Å². The second-order valence-corrected chi connectivity index (χ2v) is 5.18. The van der Waals surface area contributed by atoms with E-state index in [0.29, 0.717) is 0 Å². The summed E-state index contributed by atoms with van der Waals surface area (Å²) in [5, 5.41) is 24.4. The highest BCUT2D eigenvalue weighted by Gasteiger charge is 2.20. The van der Waals surface area contributed by atoms with Gasteiger partial charge in [-0.1, -0.05) is 6.07 Å². The van der Waals surface area contributed by atoms with Crippen molar-refractivity contribution in [3.8, 4) is 0 Å². The summed E-state index contributed by atoms with van der Waals surface area (Å²) < 4.78 is 4.52. The van der Waals surface area contributed by atoms with Crippen LogP contribution in [0.25, 0.3) is 0 Å². The normalized spacial score (nSPS) is 10.1. The highest BCUT2D eigenvalue weighted by molar-refractivity contribution is 6.06. The zero-order valence-electron chi connectivity index (χ0n) is 13.7. The monoisotopic (exact) mass is 359 g/mol. The Labute approximate surface area is 146 Å². The van der Waals surface area contributed by atoms with Crippen LogP contribution in [-0.4, -0.2) is 28.8 Å². The fraction of sp³-hybridized carbons (Fsp3) is 0.125. The Morgan fingerprint density at radius 1 is 1.04 bits per heavy atom. The first-order chi connectivity index (χ1) is 12.2. The predicted octanol–water partition coefficient (Wildman–Crippen LogP) is 2.85. The standard InChI is InChI=1S/C16H13N3O7/c1-9-13(4-3-5-14(9)19(24)25)17-15(20)10-6-11(16(21)26-2)8-12(7-10)18(22)23/h3-8H,1-2H3,(H,17,20). The minimum atomic E-state index is -0.839. The number of nitro benzene ring substituents is 2. The molecule has 0 aliphatic rings. The average Bonchev–Trinajstić information content (AvgIpc) is 2.61. The van der Waals surface area contributed by atoms with Crippen LogP contribution in [0.1, 0.15) is 26.3 Å². The molecule has 10 heteroatoms. The van der Waals surface area contributed by atoms with Crippen molar-refractivity contribution >= 4 is 28.9 Å². The Bertz CT molecular complexity index is 924. The van der Waals surface area contributed by atoms with Crippen LogP contribution in [-0.2, 0) is 4.74 Å². The number of carbonyl (C=O) groups is 2. The van der Waals surface area contributed by atoms with Gasteiger partial charge in [0.1, 0.15) is 0 Å². The topological polar surface area (TPSA) is 142 Å². The molecule has 0 aliphatic carbocycles. The van der Waals surface area contributed by atoms with E-state index in [9.17, 15) is 29.8 Å². The van der Waals surface area contributed by atoms with Gasteiger partial charge in [-0.15, -0.1) is 0 Å². The summed E-state index contributed by atoms with van der Waals surface area (Å²) in [5.41, 5.74) is -0.571. The Kier molecular flexibility index (Phi) is 5.26. The van der Waals surface area contributed by atoms with E-state index in [4.69, 9.17) is 0 Å². The van der Waals surface area contributed by atoms with Crippen LogP contribution in [0.3, 0.4) is 0 Å². The summed E-state index contributed by atoms with van der Waals surface area (Å²) in [6.07, 6.45) is 0. The first-order valence-corrected chi connectivity index (χ1v) is 7.17. The Morgan fingerprint density at radius 2 is 1.69 bits per heavy atom. The number of methoxy groups -OCH3 is 1. The van der Waals surface area contributed by atoms with E-state index >= 15 is 0 Å². The molecule has 2 aromatic rings. The van der Waals surface area contributed by atoms with E-state index in [1.54, 1.807) is 0 Å². The first kappa shape index (κ1) is 18.5. The van der Waals surface area contributed by atoms with Crippen molar-refractivity contribution in [1.29, 1.82) is 0 Å². The summed E-state index contributed by atoms with van der Waals surface area (Å²) in [4.78, 5) is 44.7. The van der Waals surface area contributed by atoms with E-state index < -0.39 is 27.4 Å². The van der Waals surface area contributed by atoms with Crippen LogP contribution in [0.15, 0.2) is 36.4 Å². The molecule has 26 heavy (non-hydrogen) atoms. The van der Waals surface area contributed by atoms with Crippen LogP contribution < -0.4 is 5.32 Å². The second-order valence-electron chi connectivity index (χ2n) is 5.18. The molecule has 0 radical (unpaired) electrons. The maximum atomic E-state index is 12.4. The van der Waals surface area contributed by atoms with E-state index in [-0.39, 0.29) is 28.1 Å². The number of amides is 1. The number of nitro groups is 2. The molecule has 0 fully saturated rings.